The number of rotatable bonds is 32. The molecule has 1 unspecified atom stereocenters. The van der Waals surface area contributed by atoms with Gasteiger partial charge in [-0.05, 0) is 12.8 Å². The van der Waals surface area contributed by atoms with Crippen molar-refractivity contribution in [1.82, 2.24) is 9.80 Å². The van der Waals surface area contributed by atoms with Crippen molar-refractivity contribution in [3.05, 3.63) is 0 Å². The molecule has 0 aromatic carbocycles. The number of nitrogens with zero attached hydrogens (tertiary/aromatic N) is 3. The largest absolute Gasteiger partial charge is 0.454 e. The second-order valence-corrected chi connectivity index (χ2v) is 15.5. The molecule has 1 N–H and O–H groups in total. The Hall–Kier alpha value is -0.580. The number of hydrogen-bond donors (Lipinski definition) is 1. The highest BCUT2D eigenvalue weighted by molar-refractivity contribution is 7.51. The van der Waals surface area contributed by atoms with E-state index in [-0.39, 0.29) is 0 Å². The summed E-state index contributed by atoms with van der Waals surface area (Å²) in [5, 5.41) is 0. The van der Waals surface area contributed by atoms with Crippen LogP contribution in [0.1, 0.15) is 228 Å². The third-order valence-electron chi connectivity index (χ3n) is 9.22. The predicted octanol–water partition coefficient (Wildman–Crippen LogP) is 14.1. The van der Waals surface area contributed by atoms with Gasteiger partial charge in [0.1, 0.15) is 0 Å². The van der Waals surface area contributed by atoms with E-state index in [2.05, 4.69) is 42.3 Å². The molecule has 6 nitrogen and oxygen atoms in total. The van der Waals surface area contributed by atoms with Crippen LogP contribution in [0.2, 0.25) is 0 Å². The smallest absolute Gasteiger partial charge is 0.341 e. The minimum absolute atomic E-state index is 0.678. The Morgan fingerprint density at radius 1 is 0.521 bits per heavy atom. The molecule has 1 fully saturated rings. The average Bonchev–Trinajstić information content (AvgIpc) is 3.46. The maximum atomic E-state index is 12.3. The van der Waals surface area contributed by atoms with Crippen molar-refractivity contribution >= 4 is 13.7 Å². The Balaban J connectivity index is 0. The molecule has 0 bridgehead atoms. The molecule has 1 heterocycles. The zero-order valence-corrected chi connectivity index (χ0v) is 34.8. The van der Waals surface area contributed by atoms with E-state index >= 15 is 0 Å². The molecule has 290 valence electrons. The Kier molecular flexibility index (Phi) is 40.5. The van der Waals surface area contributed by atoms with Gasteiger partial charge in [-0.2, -0.15) is 0 Å². The summed E-state index contributed by atoms with van der Waals surface area (Å²) in [5.41, 5.74) is 0. The van der Waals surface area contributed by atoms with Crippen LogP contribution in [0.25, 0.3) is 0 Å². The molecule has 0 aromatic heterocycles. The normalized spacial score (nSPS) is 14.0. The molecule has 0 aromatic rings. The van der Waals surface area contributed by atoms with E-state index in [1.54, 1.807) is 0 Å². The van der Waals surface area contributed by atoms with Gasteiger partial charge in [0.15, 0.2) is 0 Å². The van der Waals surface area contributed by atoms with Gasteiger partial charge in [0, 0.05) is 33.3 Å². The van der Waals surface area contributed by atoms with Gasteiger partial charge in [0.25, 0.3) is 0 Å². The van der Waals surface area contributed by atoms with E-state index in [9.17, 15) is 9.46 Å². The lowest BCUT2D eigenvalue weighted by Crippen LogP contribution is -2.34. The molecular weight excluding hydrogens is 613 g/mol. The predicted molar refractivity (Wildman–Crippen MR) is 215 cm³/mol. The molecule has 1 aliphatic heterocycles. The number of hydrogen-bond acceptors (Lipinski definition) is 2. The van der Waals surface area contributed by atoms with E-state index in [0.717, 1.165) is 39.0 Å². The highest BCUT2D eigenvalue weighted by atomic mass is 31.2. The molecule has 0 aliphatic carbocycles. The van der Waals surface area contributed by atoms with Gasteiger partial charge in [-0.1, -0.05) is 215 Å². The second kappa shape index (κ2) is 39.2. The summed E-state index contributed by atoms with van der Waals surface area (Å²) in [7, 11) is -2.67. The van der Waals surface area contributed by atoms with E-state index in [1.807, 2.05) is 13.8 Å². The molecule has 1 aliphatic rings. The Bertz CT molecular complexity index is 664. The number of unbranched alkanes of at least 4 members (excludes halogenated alkanes) is 26. The molecule has 0 spiro atoms. The Morgan fingerprint density at radius 2 is 0.750 bits per heavy atom. The first-order valence-electron chi connectivity index (χ1n) is 21.4. The van der Waals surface area contributed by atoms with Crippen LogP contribution in [0.15, 0.2) is 4.76 Å². The summed E-state index contributed by atoms with van der Waals surface area (Å²) in [5.74, 6) is 0.678. The third-order valence-corrected chi connectivity index (χ3v) is 10.1. The molecule has 1 saturated heterocycles. The fourth-order valence-electron chi connectivity index (χ4n) is 6.34. The van der Waals surface area contributed by atoms with Gasteiger partial charge in [0.2, 0.25) is 5.96 Å². The first-order valence-corrected chi connectivity index (χ1v) is 23.0. The standard InChI is InChI=1S/C36H74N3O3P.C3H8.C2H6/c1-4-6-8-10-12-14-16-18-20-22-24-26-28-30-32-38-34-35-39(36(38)37-43(40,41)42-3)33-31-29-27-25-23-21-19-17-15-13-11-9-7-5-2;1-3-2;1-2/h4-35H2,1-3H3,(H,40,41);3H2,1-2H3;1-2H3. The average molecular weight is 702 g/mol. The first kappa shape index (κ1) is 49.5. The maximum absolute atomic E-state index is 12.3. The minimum atomic E-state index is -3.94. The van der Waals surface area contributed by atoms with Gasteiger partial charge in [0.05, 0.1) is 0 Å². The van der Waals surface area contributed by atoms with E-state index < -0.39 is 7.75 Å². The van der Waals surface area contributed by atoms with Crippen LogP contribution in [0.3, 0.4) is 0 Å². The van der Waals surface area contributed by atoms with Crippen molar-refractivity contribution in [2.24, 2.45) is 4.76 Å². The summed E-state index contributed by atoms with van der Waals surface area (Å²) < 4.78 is 21.4. The number of guanidine groups is 1. The van der Waals surface area contributed by atoms with Crippen LogP contribution in [0.5, 0.6) is 0 Å². The molecule has 7 heteroatoms. The summed E-state index contributed by atoms with van der Waals surface area (Å²) >= 11 is 0. The van der Waals surface area contributed by atoms with Crippen LogP contribution >= 0.6 is 7.75 Å². The van der Waals surface area contributed by atoms with E-state index in [4.69, 9.17) is 4.52 Å². The topological polar surface area (TPSA) is 65.4 Å². The zero-order valence-electron chi connectivity index (χ0n) is 33.9. The van der Waals surface area contributed by atoms with Crippen LogP contribution in [0.4, 0.5) is 0 Å². The highest BCUT2D eigenvalue weighted by Gasteiger charge is 2.29. The Morgan fingerprint density at radius 3 is 0.979 bits per heavy atom. The second-order valence-electron chi connectivity index (χ2n) is 13.9. The monoisotopic (exact) mass is 702 g/mol. The summed E-state index contributed by atoms with van der Waals surface area (Å²) in [6.45, 7) is 16.4. The van der Waals surface area contributed by atoms with Gasteiger partial charge >= 0.3 is 7.75 Å². The van der Waals surface area contributed by atoms with E-state index in [1.165, 1.54) is 180 Å². The van der Waals surface area contributed by atoms with Crippen molar-refractivity contribution in [3.8, 4) is 0 Å². The molecule has 0 amide bonds. The molecule has 1 rings (SSSR count). The van der Waals surface area contributed by atoms with Crippen molar-refractivity contribution in [1.29, 1.82) is 0 Å². The Labute approximate surface area is 302 Å². The quantitative estimate of drug-likeness (QED) is 0.0559. The highest BCUT2D eigenvalue weighted by Crippen LogP contribution is 2.43. The van der Waals surface area contributed by atoms with Crippen molar-refractivity contribution < 1.29 is 14.0 Å². The lowest BCUT2D eigenvalue weighted by Gasteiger charge is -2.24. The zero-order chi connectivity index (χ0) is 36.0. The van der Waals surface area contributed by atoms with Gasteiger partial charge in [-0.25, -0.2) is 4.57 Å². The summed E-state index contributed by atoms with van der Waals surface area (Å²) in [6.07, 6.45) is 39.2. The van der Waals surface area contributed by atoms with Crippen molar-refractivity contribution in [2.45, 2.75) is 228 Å². The van der Waals surface area contributed by atoms with E-state index in [0.29, 0.717) is 5.96 Å². The fourth-order valence-corrected chi connectivity index (χ4v) is 6.90. The molecule has 0 radical (unpaired) electrons. The molecule has 1 atom stereocenters. The van der Waals surface area contributed by atoms with Gasteiger partial charge < -0.3 is 14.7 Å². The summed E-state index contributed by atoms with van der Waals surface area (Å²) in [4.78, 5) is 14.5. The van der Waals surface area contributed by atoms with Crippen LogP contribution in [-0.2, 0) is 9.09 Å². The van der Waals surface area contributed by atoms with Crippen molar-refractivity contribution in [3.63, 3.8) is 0 Å². The molecular formula is C41H88N3O3P. The molecule has 0 saturated carbocycles. The minimum Gasteiger partial charge on any atom is -0.341 e. The fraction of sp³-hybridized carbons (Fsp3) is 0.976. The first-order chi connectivity index (χ1) is 23.5. The van der Waals surface area contributed by atoms with Crippen molar-refractivity contribution in [2.75, 3.05) is 33.3 Å². The van der Waals surface area contributed by atoms with Gasteiger partial charge in [-0.3, -0.25) is 4.52 Å². The maximum Gasteiger partial charge on any atom is 0.454 e. The SMILES string of the molecule is CC.CCC.CCCCCCCCCCCCCCCCN1CCN(CCCCCCCCCCCCCCCC)C1=NP(=O)(O)OC. The van der Waals surface area contributed by atoms with Crippen LogP contribution < -0.4 is 0 Å². The molecule has 48 heavy (non-hydrogen) atoms. The van der Waals surface area contributed by atoms with Crippen LogP contribution in [-0.4, -0.2) is 53.9 Å². The third kappa shape index (κ3) is 32.6. The lowest BCUT2D eigenvalue weighted by molar-refractivity contribution is 0.315. The van der Waals surface area contributed by atoms with Crippen LogP contribution in [0, 0.1) is 0 Å². The summed E-state index contributed by atoms with van der Waals surface area (Å²) in [6, 6.07) is 0. The lowest BCUT2D eigenvalue weighted by atomic mass is 10.0. The van der Waals surface area contributed by atoms with Gasteiger partial charge in [-0.15, -0.1) is 4.76 Å².